The minimum absolute atomic E-state index is 0.0221. The maximum atomic E-state index is 11.7. The van der Waals surface area contributed by atoms with Crippen molar-refractivity contribution in [3.63, 3.8) is 0 Å². The predicted molar refractivity (Wildman–Crippen MR) is 65.1 cm³/mol. The van der Waals surface area contributed by atoms with Gasteiger partial charge in [-0.25, -0.2) is 8.42 Å². The van der Waals surface area contributed by atoms with Gasteiger partial charge in [0.15, 0.2) is 0 Å². The summed E-state index contributed by atoms with van der Waals surface area (Å²) in [7, 11) is -2.94. The molecule has 1 aliphatic carbocycles. The summed E-state index contributed by atoms with van der Waals surface area (Å²) in [5.74, 6) is 1.16. The van der Waals surface area contributed by atoms with Gasteiger partial charge in [-0.1, -0.05) is 13.8 Å². The van der Waals surface area contributed by atoms with Gasteiger partial charge in [0, 0.05) is 12.3 Å². The number of sulfone groups is 1. The quantitative estimate of drug-likeness (QED) is 0.722. The molecule has 0 bridgehead atoms. The van der Waals surface area contributed by atoms with E-state index in [4.69, 9.17) is 0 Å². The van der Waals surface area contributed by atoms with Crippen molar-refractivity contribution in [2.45, 2.75) is 46.0 Å². The highest BCUT2D eigenvalue weighted by molar-refractivity contribution is 7.91. The zero-order chi connectivity index (χ0) is 12.2. The standard InChI is InChI=1S/C12H22O3S/c1-10(2)6-8-16(14,15)9-7-11-4-3-5-12(11)13/h10-11H,3-9H2,1-2H3. The summed E-state index contributed by atoms with van der Waals surface area (Å²) in [6, 6.07) is 0. The highest BCUT2D eigenvalue weighted by atomic mass is 32.2. The van der Waals surface area contributed by atoms with E-state index in [0.29, 0.717) is 18.8 Å². The highest BCUT2D eigenvalue weighted by Gasteiger charge is 2.25. The number of ketones is 1. The minimum Gasteiger partial charge on any atom is -0.299 e. The molecule has 0 aliphatic heterocycles. The Balaban J connectivity index is 2.33. The van der Waals surface area contributed by atoms with Gasteiger partial charge in [0.25, 0.3) is 0 Å². The van der Waals surface area contributed by atoms with Crippen molar-refractivity contribution in [3.05, 3.63) is 0 Å². The third-order valence-corrected chi connectivity index (χ3v) is 4.93. The van der Waals surface area contributed by atoms with Crippen molar-refractivity contribution < 1.29 is 13.2 Å². The van der Waals surface area contributed by atoms with Crippen LogP contribution in [0.3, 0.4) is 0 Å². The summed E-state index contributed by atoms with van der Waals surface area (Å²) in [5, 5.41) is 0. The third kappa shape index (κ3) is 4.64. The van der Waals surface area contributed by atoms with Crippen LogP contribution < -0.4 is 0 Å². The van der Waals surface area contributed by atoms with Gasteiger partial charge in [-0.05, 0) is 31.6 Å². The number of hydrogen-bond acceptors (Lipinski definition) is 3. The molecule has 1 rings (SSSR count). The van der Waals surface area contributed by atoms with E-state index in [-0.39, 0.29) is 23.2 Å². The first-order valence-electron chi connectivity index (χ1n) is 6.14. The molecule has 16 heavy (non-hydrogen) atoms. The molecule has 0 aromatic heterocycles. The van der Waals surface area contributed by atoms with E-state index in [9.17, 15) is 13.2 Å². The summed E-state index contributed by atoms with van der Waals surface area (Å²) in [5.41, 5.74) is 0. The largest absolute Gasteiger partial charge is 0.299 e. The molecule has 1 saturated carbocycles. The van der Waals surface area contributed by atoms with Gasteiger partial charge < -0.3 is 0 Å². The van der Waals surface area contributed by atoms with Crippen molar-refractivity contribution in [1.82, 2.24) is 0 Å². The second kappa shape index (κ2) is 5.80. The summed E-state index contributed by atoms with van der Waals surface area (Å²) in [6.07, 6.45) is 3.74. The molecule has 3 nitrogen and oxygen atoms in total. The number of rotatable bonds is 6. The summed E-state index contributed by atoms with van der Waals surface area (Å²) >= 11 is 0. The molecule has 1 unspecified atom stereocenters. The lowest BCUT2D eigenvalue weighted by atomic mass is 10.1. The number of carbonyl (C=O) groups is 1. The van der Waals surface area contributed by atoms with E-state index in [1.807, 2.05) is 13.8 Å². The van der Waals surface area contributed by atoms with Crippen LogP contribution in [-0.4, -0.2) is 25.7 Å². The van der Waals surface area contributed by atoms with Crippen LogP contribution in [0.5, 0.6) is 0 Å². The number of hydrogen-bond donors (Lipinski definition) is 0. The van der Waals surface area contributed by atoms with E-state index in [1.165, 1.54) is 0 Å². The molecule has 1 aliphatic rings. The lowest BCUT2D eigenvalue weighted by Gasteiger charge is -2.09. The Kier molecular flexibility index (Phi) is 4.96. The van der Waals surface area contributed by atoms with Crippen molar-refractivity contribution in [3.8, 4) is 0 Å². The van der Waals surface area contributed by atoms with E-state index in [1.54, 1.807) is 0 Å². The highest BCUT2D eigenvalue weighted by Crippen LogP contribution is 2.24. The van der Waals surface area contributed by atoms with Gasteiger partial charge in [-0.3, -0.25) is 4.79 Å². The Bertz CT molecular complexity index is 330. The summed E-state index contributed by atoms with van der Waals surface area (Å²) in [6.45, 7) is 4.05. The molecule has 0 spiro atoms. The summed E-state index contributed by atoms with van der Waals surface area (Å²) in [4.78, 5) is 11.4. The normalized spacial score (nSPS) is 21.9. The number of carbonyl (C=O) groups excluding carboxylic acids is 1. The summed E-state index contributed by atoms with van der Waals surface area (Å²) < 4.78 is 23.4. The van der Waals surface area contributed by atoms with Crippen LogP contribution in [0.25, 0.3) is 0 Å². The van der Waals surface area contributed by atoms with Crippen LogP contribution in [0, 0.1) is 11.8 Å². The van der Waals surface area contributed by atoms with Gasteiger partial charge in [0.2, 0.25) is 0 Å². The Hall–Kier alpha value is -0.380. The average Bonchev–Trinajstić information content (AvgIpc) is 2.59. The molecule has 1 atom stereocenters. The van der Waals surface area contributed by atoms with Crippen molar-refractivity contribution in [1.29, 1.82) is 0 Å². The van der Waals surface area contributed by atoms with Crippen LogP contribution in [0.4, 0.5) is 0 Å². The second-order valence-electron chi connectivity index (χ2n) is 5.18. The first-order chi connectivity index (χ1) is 7.41. The Morgan fingerprint density at radius 3 is 2.50 bits per heavy atom. The van der Waals surface area contributed by atoms with Crippen molar-refractivity contribution in [2.24, 2.45) is 11.8 Å². The Morgan fingerprint density at radius 2 is 2.00 bits per heavy atom. The van der Waals surface area contributed by atoms with Gasteiger partial charge in [0.05, 0.1) is 11.5 Å². The third-order valence-electron chi connectivity index (χ3n) is 3.21. The van der Waals surface area contributed by atoms with E-state index in [0.717, 1.165) is 19.3 Å². The molecule has 0 aromatic carbocycles. The molecule has 0 amide bonds. The molecular formula is C12H22O3S. The molecule has 4 heteroatoms. The first-order valence-corrected chi connectivity index (χ1v) is 7.96. The first kappa shape index (κ1) is 13.7. The second-order valence-corrected chi connectivity index (χ2v) is 7.48. The van der Waals surface area contributed by atoms with E-state index in [2.05, 4.69) is 0 Å². The van der Waals surface area contributed by atoms with E-state index >= 15 is 0 Å². The predicted octanol–water partition coefficient (Wildman–Crippen LogP) is 2.21. The maximum Gasteiger partial charge on any atom is 0.150 e. The fourth-order valence-corrected chi connectivity index (χ4v) is 3.71. The minimum atomic E-state index is -2.94. The van der Waals surface area contributed by atoms with Crippen molar-refractivity contribution >= 4 is 15.6 Å². The molecular weight excluding hydrogens is 224 g/mol. The van der Waals surface area contributed by atoms with Gasteiger partial charge in [0.1, 0.15) is 15.6 Å². The topological polar surface area (TPSA) is 51.2 Å². The lowest BCUT2D eigenvalue weighted by molar-refractivity contribution is -0.120. The molecule has 0 heterocycles. The van der Waals surface area contributed by atoms with Gasteiger partial charge in [-0.15, -0.1) is 0 Å². The lowest BCUT2D eigenvalue weighted by Crippen LogP contribution is -2.17. The zero-order valence-corrected chi connectivity index (χ0v) is 11.1. The molecule has 0 aromatic rings. The van der Waals surface area contributed by atoms with E-state index < -0.39 is 9.84 Å². The smallest absolute Gasteiger partial charge is 0.150 e. The average molecular weight is 246 g/mol. The fraction of sp³-hybridized carbons (Fsp3) is 0.917. The molecule has 0 N–H and O–H groups in total. The van der Waals surface area contributed by atoms with Crippen LogP contribution in [-0.2, 0) is 14.6 Å². The van der Waals surface area contributed by atoms with Crippen LogP contribution in [0.2, 0.25) is 0 Å². The van der Waals surface area contributed by atoms with Crippen LogP contribution in [0.1, 0.15) is 46.0 Å². The fourth-order valence-electron chi connectivity index (χ4n) is 2.03. The SMILES string of the molecule is CC(C)CCS(=O)(=O)CCC1CCCC1=O. The maximum absolute atomic E-state index is 11.7. The van der Waals surface area contributed by atoms with Gasteiger partial charge >= 0.3 is 0 Å². The number of Topliss-reactive ketones (excluding diaryl/α,β-unsaturated/α-hetero) is 1. The molecule has 94 valence electrons. The Labute approximate surface area is 98.5 Å². The molecule has 0 saturated heterocycles. The van der Waals surface area contributed by atoms with Crippen molar-refractivity contribution in [2.75, 3.05) is 11.5 Å². The van der Waals surface area contributed by atoms with Gasteiger partial charge in [-0.2, -0.15) is 0 Å². The molecule has 1 fully saturated rings. The van der Waals surface area contributed by atoms with Crippen LogP contribution >= 0.6 is 0 Å². The Morgan fingerprint density at radius 1 is 1.31 bits per heavy atom. The monoisotopic (exact) mass is 246 g/mol. The molecule has 0 radical (unpaired) electrons. The van der Waals surface area contributed by atoms with Crippen LogP contribution in [0.15, 0.2) is 0 Å². The zero-order valence-electron chi connectivity index (χ0n) is 10.2.